The summed E-state index contributed by atoms with van der Waals surface area (Å²) in [6, 6.07) is 6.35. The summed E-state index contributed by atoms with van der Waals surface area (Å²) in [5.41, 5.74) is 2.02. The van der Waals surface area contributed by atoms with Crippen molar-refractivity contribution >= 4 is 45.0 Å². The molecule has 0 unspecified atom stereocenters. The zero-order valence-corrected chi connectivity index (χ0v) is 18.3. The summed E-state index contributed by atoms with van der Waals surface area (Å²) < 4.78 is 16.0. The highest BCUT2D eigenvalue weighted by molar-refractivity contribution is 7.22. The minimum absolute atomic E-state index is 0. The third-order valence-electron chi connectivity index (χ3n) is 4.15. The molecule has 2 heterocycles. The van der Waals surface area contributed by atoms with Crippen LogP contribution < -0.4 is 4.90 Å². The van der Waals surface area contributed by atoms with Crippen LogP contribution in [0.4, 0.5) is 9.52 Å². The Labute approximate surface area is 174 Å². The minimum atomic E-state index is -0.308. The molecule has 6 nitrogen and oxygen atoms in total. The van der Waals surface area contributed by atoms with E-state index in [0.29, 0.717) is 29.4 Å². The van der Waals surface area contributed by atoms with Gasteiger partial charge in [-0.3, -0.25) is 14.4 Å². The molecule has 0 radical (unpaired) electrons. The molecule has 0 saturated carbocycles. The second-order valence-electron chi connectivity index (χ2n) is 7.08. The lowest BCUT2D eigenvalue weighted by atomic mass is 10.3. The number of aromatic nitrogens is 3. The van der Waals surface area contributed by atoms with Crippen LogP contribution in [0.3, 0.4) is 0 Å². The quantitative estimate of drug-likeness (QED) is 0.595. The normalized spacial score (nSPS) is 11.3. The molecule has 0 N–H and O–H groups in total. The standard InChI is InChI=1S/C19H24FN5OS.ClH/c1-12(2)25-16(10-13(3)22-25)18(26)24(9-8-23(4)5)19-21-15-7-6-14(20)11-17(15)27-19;/h6-7,10-12H,8-9H2,1-5H3;1H. The summed E-state index contributed by atoms with van der Waals surface area (Å²) in [5, 5.41) is 5.02. The molecule has 0 atom stereocenters. The Morgan fingerprint density at radius 1 is 1.25 bits per heavy atom. The highest BCUT2D eigenvalue weighted by Crippen LogP contribution is 2.30. The third kappa shape index (κ3) is 4.68. The van der Waals surface area contributed by atoms with Gasteiger partial charge in [0, 0.05) is 19.1 Å². The average Bonchev–Trinajstić information content (AvgIpc) is 3.17. The van der Waals surface area contributed by atoms with Crippen molar-refractivity contribution in [2.45, 2.75) is 26.8 Å². The van der Waals surface area contributed by atoms with Gasteiger partial charge in [-0.1, -0.05) is 11.3 Å². The van der Waals surface area contributed by atoms with Crippen molar-refractivity contribution in [3.05, 3.63) is 41.5 Å². The van der Waals surface area contributed by atoms with E-state index in [0.717, 1.165) is 10.4 Å². The first-order valence-electron chi connectivity index (χ1n) is 8.85. The molecule has 9 heteroatoms. The van der Waals surface area contributed by atoms with E-state index < -0.39 is 0 Å². The summed E-state index contributed by atoms with van der Waals surface area (Å²) in [6.45, 7) is 7.03. The molecule has 0 aliphatic rings. The average molecular weight is 426 g/mol. The monoisotopic (exact) mass is 425 g/mol. The smallest absolute Gasteiger partial charge is 0.278 e. The second-order valence-corrected chi connectivity index (χ2v) is 8.09. The molecule has 3 rings (SSSR count). The Morgan fingerprint density at radius 2 is 1.96 bits per heavy atom. The van der Waals surface area contributed by atoms with Crippen molar-refractivity contribution in [2.75, 3.05) is 32.1 Å². The molecule has 0 aliphatic carbocycles. The zero-order chi connectivity index (χ0) is 19.7. The maximum atomic E-state index is 13.5. The van der Waals surface area contributed by atoms with E-state index in [1.54, 1.807) is 21.7 Å². The molecule has 1 aromatic carbocycles. The SMILES string of the molecule is Cc1cc(C(=O)N(CCN(C)C)c2nc3ccc(F)cc3s2)n(C(C)C)n1.Cl. The third-order valence-corrected chi connectivity index (χ3v) is 5.19. The number of nitrogens with zero attached hydrogens (tertiary/aromatic N) is 5. The van der Waals surface area contributed by atoms with E-state index in [9.17, 15) is 9.18 Å². The maximum absolute atomic E-state index is 13.5. The molecule has 0 fully saturated rings. The molecule has 1 amide bonds. The molecule has 0 bridgehead atoms. The Morgan fingerprint density at radius 3 is 2.61 bits per heavy atom. The van der Waals surface area contributed by atoms with E-state index in [4.69, 9.17) is 0 Å². The number of amides is 1. The first-order valence-corrected chi connectivity index (χ1v) is 9.66. The fraction of sp³-hybridized carbons (Fsp3) is 0.421. The van der Waals surface area contributed by atoms with Crippen LogP contribution >= 0.6 is 23.7 Å². The van der Waals surface area contributed by atoms with Crippen molar-refractivity contribution in [2.24, 2.45) is 0 Å². The van der Waals surface area contributed by atoms with E-state index in [-0.39, 0.29) is 30.2 Å². The number of aryl methyl sites for hydroxylation is 1. The van der Waals surface area contributed by atoms with Gasteiger partial charge in [0.2, 0.25) is 0 Å². The van der Waals surface area contributed by atoms with Crippen molar-refractivity contribution < 1.29 is 9.18 Å². The van der Waals surface area contributed by atoms with Crippen LogP contribution in [-0.2, 0) is 0 Å². The van der Waals surface area contributed by atoms with Gasteiger partial charge in [0.05, 0.1) is 15.9 Å². The largest absolute Gasteiger partial charge is 0.308 e. The van der Waals surface area contributed by atoms with Gasteiger partial charge in [-0.05, 0) is 59.1 Å². The molecule has 0 aliphatic heterocycles. The number of carbonyl (C=O) groups is 1. The van der Waals surface area contributed by atoms with Gasteiger partial charge >= 0.3 is 0 Å². The van der Waals surface area contributed by atoms with Gasteiger partial charge in [-0.2, -0.15) is 5.10 Å². The maximum Gasteiger partial charge on any atom is 0.278 e. The Balaban J connectivity index is 0.00000280. The topological polar surface area (TPSA) is 54.3 Å². The minimum Gasteiger partial charge on any atom is -0.308 e. The van der Waals surface area contributed by atoms with Gasteiger partial charge < -0.3 is 4.90 Å². The van der Waals surface area contributed by atoms with E-state index in [1.807, 2.05) is 39.8 Å². The lowest BCUT2D eigenvalue weighted by Gasteiger charge is -2.22. The molecule has 3 aromatic rings. The Bertz CT molecular complexity index is 969. The fourth-order valence-electron chi connectivity index (χ4n) is 2.79. The van der Waals surface area contributed by atoms with Crippen molar-refractivity contribution in [1.82, 2.24) is 19.7 Å². The predicted octanol–water partition coefficient (Wildman–Crippen LogP) is 4.15. The number of rotatable bonds is 6. The lowest BCUT2D eigenvalue weighted by Crippen LogP contribution is -2.38. The van der Waals surface area contributed by atoms with Crippen LogP contribution in [0.2, 0.25) is 0 Å². The summed E-state index contributed by atoms with van der Waals surface area (Å²) in [7, 11) is 3.91. The number of likely N-dealkylation sites (N-methyl/N-ethyl adjacent to an activating group) is 1. The van der Waals surface area contributed by atoms with E-state index in [1.165, 1.54) is 23.5 Å². The summed E-state index contributed by atoms with van der Waals surface area (Å²) in [4.78, 5) is 21.6. The Hall–Kier alpha value is -2.03. The summed E-state index contributed by atoms with van der Waals surface area (Å²) in [5.74, 6) is -0.456. The number of hydrogen-bond acceptors (Lipinski definition) is 5. The highest BCUT2D eigenvalue weighted by atomic mass is 35.5. The van der Waals surface area contributed by atoms with Crippen LogP contribution in [0.5, 0.6) is 0 Å². The number of fused-ring (bicyclic) bond motifs is 1. The molecule has 28 heavy (non-hydrogen) atoms. The molecular formula is C19H25ClFN5OS. The number of thiazole rings is 1. The number of carbonyl (C=O) groups excluding carboxylic acids is 1. The molecule has 2 aromatic heterocycles. The van der Waals surface area contributed by atoms with Crippen molar-refractivity contribution in [3.8, 4) is 0 Å². The van der Waals surface area contributed by atoms with Crippen molar-refractivity contribution in [3.63, 3.8) is 0 Å². The zero-order valence-electron chi connectivity index (χ0n) is 16.6. The van der Waals surface area contributed by atoms with Gasteiger partial charge in [-0.25, -0.2) is 9.37 Å². The second kappa shape index (κ2) is 8.98. The number of anilines is 1. The summed E-state index contributed by atoms with van der Waals surface area (Å²) in [6.07, 6.45) is 0. The van der Waals surface area contributed by atoms with Crippen molar-refractivity contribution in [1.29, 1.82) is 0 Å². The Kier molecular flexibility index (Phi) is 7.14. The van der Waals surface area contributed by atoms with E-state index in [2.05, 4.69) is 10.1 Å². The lowest BCUT2D eigenvalue weighted by molar-refractivity contribution is 0.0973. The van der Waals surface area contributed by atoms with E-state index >= 15 is 0 Å². The molecular weight excluding hydrogens is 401 g/mol. The summed E-state index contributed by atoms with van der Waals surface area (Å²) >= 11 is 1.32. The first-order chi connectivity index (χ1) is 12.8. The number of hydrogen-bond donors (Lipinski definition) is 0. The van der Waals surface area contributed by atoms with Gasteiger partial charge in [0.15, 0.2) is 5.13 Å². The number of halogens is 2. The van der Waals surface area contributed by atoms with Crippen LogP contribution in [0, 0.1) is 12.7 Å². The first kappa shape index (κ1) is 22.3. The number of benzene rings is 1. The van der Waals surface area contributed by atoms with Crippen LogP contribution in [0.1, 0.15) is 36.1 Å². The highest BCUT2D eigenvalue weighted by Gasteiger charge is 2.25. The predicted molar refractivity (Wildman–Crippen MR) is 114 cm³/mol. The molecule has 0 saturated heterocycles. The molecule has 152 valence electrons. The van der Waals surface area contributed by atoms with Crippen LogP contribution in [-0.4, -0.2) is 52.8 Å². The van der Waals surface area contributed by atoms with Gasteiger partial charge in [0.25, 0.3) is 5.91 Å². The van der Waals surface area contributed by atoms with Crippen LogP contribution in [0.25, 0.3) is 10.2 Å². The van der Waals surface area contributed by atoms with Gasteiger partial charge in [-0.15, -0.1) is 12.4 Å². The van der Waals surface area contributed by atoms with Gasteiger partial charge in [0.1, 0.15) is 11.5 Å². The fourth-order valence-corrected chi connectivity index (χ4v) is 3.81. The molecule has 0 spiro atoms. The van der Waals surface area contributed by atoms with Crippen LogP contribution in [0.15, 0.2) is 24.3 Å².